The number of anilines is 1. The highest BCUT2D eigenvalue weighted by molar-refractivity contribution is 5.40. The quantitative estimate of drug-likeness (QED) is 0.914. The number of nitrogens with zero attached hydrogens (tertiary/aromatic N) is 2. The molecule has 7 heteroatoms. The summed E-state index contributed by atoms with van der Waals surface area (Å²) in [6, 6.07) is 7.57. The lowest BCUT2D eigenvalue weighted by atomic mass is 10.2. The molecule has 1 aliphatic heterocycles. The molecular formula is C15H16FN3O3. The molecule has 1 atom stereocenters. The van der Waals surface area contributed by atoms with E-state index in [0.29, 0.717) is 25.5 Å². The Kier molecular flexibility index (Phi) is 4.22. The van der Waals surface area contributed by atoms with Gasteiger partial charge < -0.3 is 19.5 Å². The zero-order valence-electron chi connectivity index (χ0n) is 12.1. The van der Waals surface area contributed by atoms with E-state index in [4.69, 9.17) is 14.2 Å². The smallest absolute Gasteiger partial charge is 0.255 e. The van der Waals surface area contributed by atoms with Crippen molar-refractivity contribution in [3.05, 3.63) is 36.3 Å². The third-order valence-corrected chi connectivity index (χ3v) is 3.22. The molecule has 1 aromatic carbocycles. The third-order valence-electron chi connectivity index (χ3n) is 3.22. The van der Waals surface area contributed by atoms with Gasteiger partial charge in [0, 0.05) is 13.0 Å². The Morgan fingerprint density at radius 1 is 1.36 bits per heavy atom. The maximum atomic E-state index is 13.2. The van der Waals surface area contributed by atoms with E-state index in [9.17, 15) is 4.39 Å². The molecule has 0 radical (unpaired) electrons. The van der Waals surface area contributed by atoms with Gasteiger partial charge in [-0.25, -0.2) is 4.98 Å². The Balaban J connectivity index is 1.52. The van der Waals surface area contributed by atoms with Crippen molar-refractivity contribution in [1.29, 1.82) is 0 Å². The fraction of sp³-hybridized carbons (Fsp3) is 0.333. The van der Waals surface area contributed by atoms with Crippen LogP contribution in [-0.2, 0) is 0 Å². The Morgan fingerprint density at radius 2 is 2.18 bits per heavy atom. The highest BCUT2D eigenvalue weighted by atomic mass is 19.1. The molecule has 1 aromatic heterocycles. The minimum atomic E-state index is -0.589. The van der Waals surface area contributed by atoms with Crippen LogP contribution < -0.4 is 19.5 Å². The van der Waals surface area contributed by atoms with Crippen molar-refractivity contribution in [3.63, 3.8) is 0 Å². The molecule has 1 unspecified atom stereocenters. The maximum Gasteiger partial charge on any atom is 0.255 e. The fourth-order valence-electron chi connectivity index (χ4n) is 2.13. The van der Waals surface area contributed by atoms with E-state index in [0.717, 1.165) is 17.7 Å². The van der Waals surface area contributed by atoms with Crippen molar-refractivity contribution in [2.45, 2.75) is 12.5 Å². The number of hydrogen-bond donors (Lipinski definition) is 1. The number of methoxy groups -OCH3 is 1. The van der Waals surface area contributed by atoms with Crippen LogP contribution in [0.1, 0.15) is 6.42 Å². The van der Waals surface area contributed by atoms with Crippen LogP contribution in [-0.4, -0.2) is 36.3 Å². The summed E-state index contributed by atoms with van der Waals surface area (Å²) in [4.78, 5) is 7.77. The Morgan fingerprint density at radius 3 is 3.00 bits per heavy atom. The molecule has 3 rings (SSSR count). The van der Waals surface area contributed by atoms with Gasteiger partial charge in [0.15, 0.2) is 11.5 Å². The first kappa shape index (κ1) is 14.4. The molecule has 0 saturated carbocycles. The van der Waals surface area contributed by atoms with Crippen LogP contribution in [0.25, 0.3) is 0 Å². The van der Waals surface area contributed by atoms with Gasteiger partial charge >= 0.3 is 0 Å². The third kappa shape index (κ3) is 3.19. The van der Waals surface area contributed by atoms with Crippen LogP contribution in [0.2, 0.25) is 0 Å². The van der Waals surface area contributed by atoms with Crippen LogP contribution in [0.5, 0.6) is 17.4 Å². The first-order valence-corrected chi connectivity index (χ1v) is 6.95. The lowest BCUT2D eigenvalue weighted by Gasteiger charge is -2.26. The van der Waals surface area contributed by atoms with Crippen LogP contribution >= 0.6 is 0 Å². The minimum Gasteiger partial charge on any atom is -0.486 e. The summed E-state index contributed by atoms with van der Waals surface area (Å²) in [6.07, 6.45) is 1.73. The zero-order chi connectivity index (χ0) is 15.4. The summed E-state index contributed by atoms with van der Waals surface area (Å²) in [7, 11) is 1.36. The Hall–Kier alpha value is -2.57. The molecular weight excluding hydrogens is 289 g/mol. The average Bonchev–Trinajstić information content (AvgIpc) is 2.56. The van der Waals surface area contributed by atoms with E-state index < -0.39 is 5.82 Å². The largest absolute Gasteiger partial charge is 0.486 e. The number of nitrogens with one attached hydrogen (secondary N) is 1. The van der Waals surface area contributed by atoms with Crippen molar-refractivity contribution < 1.29 is 18.6 Å². The van der Waals surface area contributed by atoms with Gasteiger partial charge in [0.25, 0.3) is 5.88 Å². The van der Waals surface area contributed by atoms with Gasteiger partial charge in [-0.05, 0) is 12.1 Å². The first-order valence-electron chi connectivity index (χ1n) is 6.95. The number of hydrogen-bond acceptors (Lipinski definition) is 6. The van der Waals surface area contributed by atoms with Crippen LogP contribution in [0.4, 0.5) is 10.3 Å². The average molecular weight is 305 g/mol. The van der Waals surface area contributed by atoms with E-state index in [1.54, 1.807) is 0 Å². The van der Waals surface area contributed by atoms with Crippen LogP contribution in [0.15, 0.2) is 30.5 Å². The Labute approximate surface area is 127 Å². The summed E-state index contributed by atoms with van der Waals surface area (Å²) < 4.78 is 29.5. The van der Waals surface area contributed by atoms with Gasteiger partial charge in [-0.3, -0.25) is 0 Å². The van der Waals surface area contributed by atoms with Gasteiger partial charge in [0.05, 0.1) is 13.3 Å². The molecule has 0 spiro atoms. The molecule has 2 aromatic rings. The van der Waals surface area contributed by atoms with E-state index in [-0.39, 0.29) is 12.0 Å². The highest BCUT2D eigenvalue weighted by Gasteiger charge is 2.20. The molecule has 0 aliphatic carbocycles. The maximum absolute atomic E-state index is 13.2. The van der Waals surface area contributed by atoms with Crippen molar-refractivity contribution in [2.24, 2.45) is 0 Å². The monoisotopic (exact) mass is 305 g/mol. The molecule has 0 fully saturated rings. The Bertz CT molecular complexity index is 654. The summed E-state index contributed by atoms with van der Waals surface area (Å²) in [5.41, 5.74) is 0. The lowest BCUT2D eigenvalue weighted by Crippen LogP contribution is -2.31. The van der Waals surface area contributed by atoms with Gasteiger partial charge in [-0.1, -0.05) is 12.1 Å². The predicted octanol–water partition coefficient (Wildman–Crippen LogP) is 2.27. The second kappa shape index (κ2) is 6.46. The summed E-state index contributed by atoms with van der Waals surface area (Å²) >= 11 is 0. The molecule has 0 bridgehead atoms. The minimum absolute atomic E-state index is 0.0512. The summed E-state index contributed by atoms with van der Waals surface area (Å²) in [6.45, 7) is 1.07. The van der Waals surface area contributed by atoms with Crippen molar-refractivity contribution in [3.8, 4) is 17.4 Å². The van der Waals surface area contributed by atoms with E-state index in [2.05, 4.69) is 15.3 Å². The second-order valence-electron chi connectivity index (χ2n) is 4.76. The van der Waals surface area contributed by atoms with E-state index in [1.807, 2.05) is 24.3 Å². The number of aromatic nitrogens is 2. The van der Waals surface area contributed by atoms with Crippen molar-refractivity contribution in [2.75, 3.05) is 25.6 Å². The second-order valence-corrected chi connectivity index (χ2v) is 4.76. The van der Waals surface area contributed by atoms with Crippen molar-refractivity contribution in [1.82, 2.24) is 9.97 Å². The number of ether oxygens (including phenoxy) is 3. The van der Waals surface area contributed by atoms with Crippen LogP contribution in [0.3, 0.4) is 0 Å². The molecule has 1 N–H and O–H groups in total. The number of benzene rings is 1. The molecule has 2 heterocycles. The molecule has 116 valence electrons. The van der Waals surface area contributed by atoms with Crippen LogP contribution in [0, 0.1) is 5.82 Å². The molecule has 6 nitrogen and oxygen atoms in total. The summed E-state index contributed by atoms with van der Waals surface area (Å²) in [5, 5.41) is 3.01. The van der Waals surface area contributed by atoms with E-state index in [1.165, 1.54) is 7.11 Å². The van der Waals surface area contributed by atoms with Gasteiger partial charge in [0.1, 0.15) is 12.7 Å². The van der Waals surface area contributed by atoms with Gasteiger partial charge in [0.2, 0.25) is 11.8 Å². The van der Waals surface area contributed by atoms with Crippen molar-refractivity contribution >= 4 is 5.95 Å². The molecule has 1 aliphatic rings. The predicted molar refractivity (Wildman–Crippen MR) is 78.0 cm³/mol. The van der Waals surface area contributed by atoms with E-state index >= 15 is 0 Å². The molecule has 22 heavy (non-hydrogen) atoms. The van der Waals surface area contributed by atoms with Gasteiger partial charge in [-0.15, -0.1) is 0 Å². The lowest BCUT2D eigenvalue weighted by molar-refractivity contribution is 0.0873. The highest BCUT2D eigenvalue weighted by Crippen LogP contribution is 2.31. The normalized spacial score (nSPS) is 16.2. The first-order chi connectivity index (χ1) is 10.8. The number of halogens is 1. The summed E-state index contributed by atoms with van der Waals surface area (Å²) in [5.74, 6) is 1.16. The number of fused-ring (bicyclic) bond motifs is 1. The standard InChI is InChI=1S/C15H16FN3O3/c1-20-14-11(16)8-18-15(19-14)17-7-6-10-9-21-12-4-2-3-5-13(12)22-10/h2-5,8,10H,6-7,9H2,1H3,(H,17,18,19). The number of para-hydroxylation sites is 2. The topological polar surface area (TPSA) is 65.5 Å². The molecule has 0 amide bonds. The number of rotatable bonds is 5. The van der Waals surface area contributed by atoms with Gasteiger partial charge in [-0.2, -0.15) is 9.37 Å². The fourth-order valence-corrected chi connectivity index (χ4v) is 2.13. The zero-order valence-corrected chi connectivity index (χ0v) is 12.1. The molecule has 0 saturated heterocycles. The SMILES string of the molecule is COc1nc(NCCC2COc3ccccc3O2)ncc1F.